The van der Waals surface area contributed by atoms with Crippen LogP contribution in [0.1, 0.15) is 41.5 Å². The van der Waals surface area contributed by atoms with E-state index in [1.165, 1.54) is 0 Å². The maximum absolute atomic E-state index is 12.4. The van der Waals surface area contributed by atoms with E-state index in [2.05, 4.69) is 18.9 Å². The zero-order valence-electron chi connectivity index (χ0n) is 12.0. The molecule has 0 aromatic heterocycles. The van der Waals surface area contributed by atoms with E-state index in [0.717, 1.165) is 0 Å². The summed E-state index contributed by atoms with van der Waals surface area (Å²) >= 11 is 0. The predicted molar refractivity (Wildman–Crippen MR) is 72.0 cm³/mol. The highest BCUT2D eigenvalue weighted by molar-refractivity contribution is 7.51. The molecule has 0 radical (unpaired) electrons. The van der Waals surface area contributed by atoms with Crippen LogP contribution in [0.2, 0.25) is 0 Å². The largest absolute Gasteiger partial charge is 0.405 e. The molecular weight excluding hydrogens is 237 g/mol. The summed E-state index contributed by atoms with van der Waals surface area (Å²) in [7, 11) is -3.13. The molecule has 0 unspecified atom stereocenters. The molecule has 0 saturated heterocycles. The molecule has 0 aliphatic rings. The van der Waals surface area contributed by atoms with Crippen molar-refractivity contribution in [3.8, 4) is 0 Å². The van der Waals surface area contributed by atoms with Gasteiger partial charge in [-0.25, -0.2) is 9.65 Å². The summed E-state index contributed by atoms with van der Waals surface area (Å²) in [4.78, 5) is 0. The number of nitrogens with one attached hydrogen (secondary N) is 1. The van der Waals surface area contributed by atoms with Crippen LogP contribution >= 0.6 is 7.75 Å². The Hall–Kier alpha value is 0.110. The summed E-state index contributed by atoms with van der Waals surface area (Å²) in [6, 6.07) is 0. The molecule has 0 spiro atoms. The number of hydrogen-bond donors (Lipinski definition) is 1. The molecule has 0 aliphatic carbocycles. The van der Waals surface area contributed by atoms with Crippen LogP contribution in [0.3, 0.4) is 0 Å². The smallest absolute Gasteiger partial charge is 0.297 e. The zero-order chi connectivity index (χ0) is 13.5. The fourth-order valence-electron chi connectivity index (χ4n) is 0.917. The van der Waals surface area contributed by atoms with Crippen molar-refractivity contribution >= 4 is 7.75 Å². The lowest BCUT2D eigenvalue weighted by atomic mass is 10.2. The Morgan fingerprint density at radius 1 is 0.882 bits per heavy atom. The maximum Gasteiger partial charge on any atom is 0.405 e. The van der Waals surface area contributed by atoms with Crippen LogP contribution in [0.25, 0.3) is 0 Å². The first-order valence-electron chi connectivity index (χ1n) is 6.39. The van der Waals surface area contributed by atoms with Crippen molar-refractivity contribution in [2.45, 2.75) is 41.5 Å². The quantitative estimate of drug-likeness (QED) is 0.646. The molecule has 0 aromatic carbocycles. The molecule has 0 fully saturated rings. The van der Waals surface area contributed by atoms with Gasteiger partial charge in [0.25, 0.3) is 0 Å². The predicted octanol–water partition coefficient (Wildman–Crippen LogP) is 3.69. The Morgan fingerprint density at radius 3 is 1.59 bits per heavy atom. The molecule has 0 bridgehead atoms. The molecular formula is C12H28NO3P. The SMILES string of the molecule is CC(C)CNP(=O)(OCC(C)C)OCC(C)C. The van der Waals surface area contributed by atoms with Gasteiger partial charge in [0.05, 0.1) is 13.2 Å². The summed E-state index contributed by atoms with van der Waals surface area (Å²) < 4.78 is 23.2. The fraction of sp³-hybridized carbons (Fsp3) is 1.00. The van der Waals surface area contributed by atoms with E-state index in [-0.39, 0.29) is 0 Å². The normalized spacial score (nSPS) is 13.0. The second-order valence-electron chi connectivity index (χ2n) is 5.63. The minimum atomic E-state index is -3.13. The van der Waals surface area contributed by atoms with Crippen LogP contribution in [0, 0.1) is 17.8 Å². The molecule has 0 amide bonds. The molecule has 0 aromatic rings. The van der Waals surface area contributed by atoms with Crippen LogP contribution in [-0.2, 0) is 13.6 Å². The first-order valence-corrected chi connectivity index (χ1v) is 7.93. The summed E-state index contributed by atoms with van der Waals surface area (Å²) in [5, 5.41) is 2.92. The van der Waals surface area contributed by atoms with Crippen molar-refractivity contribution in [3.63, 3.8) is 0 Å². The van der Waals surface area contributed by atoms with E-state index in [0.29, 0.717) is 37.5 Å². The lowest BCUT2D eigenvalue weighted by Gasteiger charge is -2.22. The molecule has 0 heterocycles. The highest BCUT2D eigenvalue weighted by Crippen LogP contribution is 2.44. The second-order valence-corrected chi connectivity index (χ2v) is 7.46. The monoisotopic (exact) mass is 265 g/mol. The van der Waals surface area contributed by atoms with Crippen molar-refractivity contribution in [2.75, 3.05) is 19.8 Å². The fourth-order valence-corrected chi connectivity index (χ4v) is 2.75. The molecule has 1 N–H and O–H groups in total. The molecule has 0 atom stereocenters. The van der Waals surface area contributed by atoms with Crippen LogP contribution in [-0.4, -0.2) is 19.8 Å². The van der Waals surface area contributed by atoms with Gasteiger partial charge < -0.3 is 0 Å². The molecule has 0 rings (SSSR count). The molecule has 4 nitrogen and oxygen atoms in total. The topological polar surface area (TPSA) is 47.6 Å². The minimum absolute atomic E-state index is 0.340. The summed E-state index contributed by atoms with van der Waals surface area (Å²) in [5.74, 6) is 1.09. The van der Waals surface area contributed by atoms with Gasteiger partial charge in [-0.2, -0.15) is 0 Å². The summed E-state index contributed by atoms with van der Waals surface area (Å²) in [6.45, 7) is 13.7. The Bertz CT molecular complexity index is 204. The Labute approximate surface area is 106 Å². The van der Waals surface area contributed by atoms with Crippen LogP contribution in [0.4, 0.5) is 0 Å². The third-order valence-electron chi connectivity index (χ3n) is 1.85. The van der Waals surface area contributed by atoms with Crippen LogP contribution in [0.5, 0.6) is 0 Å². The van der Waals surface area contributed by atoms with Gasteiger partial charge in [-0.05, 0) is 17.8 Å². The number of hydrogen-bond acceptors (Lipinski definition) is 3. The van der Waals surface area contributed by atoms with Crippen molar-refractivity contribution < 1.29 is 13.6 Å². The van der Waals surface area contributed by atoms with E-state index in [1.807, 2.05) is 27.7 Å². The van der Waals surface area contributed by atoms with Crippen molar-refractivity contribution in [1.29, 1.82) is 0 Å². The highest BCUT2D eigenvalue weighted by Gasteiger charge is 2.25. The van der Waals surface area contributed by atoms with Gasteiger partial charge in [0.2, 0.25) is 0 Å². The van der Waals surface area contributed by atoms with Gasteiger partial charge in [0.1, 0.15) is 0 Å². The Morgan fingerprint density at radius 2 is 1.29 bits per heavy atom. The molecule has 5 heteroatoms. The maximum atomic E-state index is 12.4. The van der Waals surface area contributed by atoms with Crippen LogP contribution < -0.4 is 5.09 Å². The van der Waals surface area contributed by atoms with Gasteiger partial charge in [-0.3, -0.25) is 9.05 Å². The van der Waals surface area contributed by atoms with E-state index in [1.54, 1.807) is 0 Å². The summed E-state index contributed by atoms with van der Waals surface area (Å²) in [5.41, 5.74) is 0. The van der Waals surface area contributed by atoms with Crippen LogP contribution in [0.15, 0.2) is 0 Å². The van der Waals surface area contributed by atoms with Crippen molar-refractivity contribution in [2.24, 2.45) is 17.8 Å². The highest BCUT2D eigenvalue weighted by atomic mass is 31.2. The van der Waals surface area contributed by atoms with Gasteiger partial charge in [-0.15, -0.1) is 0 Å². The van der Waals surface area contributed by atoms with Gasteiger partial charge in [0, 0.05) is 6.54 Å². The minimum Gasteiger partial charge on any atom is -0.297 e. The van der Waals surface area contributed by atoms with Gasteiger partial charge in [-0.1, -0.05) is 41.5 Å². The average Bonchev–Trinajstić information content (AvgIpc) is 2.21. The summed E-state index contributed by atoms with van der Waals surface area (Å²) in [6.07, 6.45) is 0. The third kappa shape index (κ3) is 9.78. The first-order chi connectivity index (χ1) is 7.75. The average molecular weight is 265 g/mol. The molecule has 0 aliphatic heterocycles. The molecule has 17 heavy (non-hydrogen) atoms. The zero-order valence-corrected chi connectivity index (χ0v) is 12.9. The first kappa shape index (κ1) is 17.1. The van der Waals surface area contributed by atoms with E-state index >= 15 is 0 Å². The Kier molecular flexibility index (Phi) is 8.31. The van der Waals surface area contributed by atoms with E-state index in [9.17, 15) is 4.57 Å². The van der Waals surface area contributed by atoms with Crippen molar-refractivity contribution in [1.82, 2.24) is 5.09 Å². The lowest BCUT2D eigenvalue weighted by Crippen LogP contribution is -2.21. The molecule has 104 valence electrons. The molecule has 0 saturated carbocycles. The second kappa shape index (κ2) is 8.25. The van der Waals surface area contributed by atoms with E-state index < -0.39 is 7.75 Å². The van der Waals surface area contributed by atoms with Gasteiger partial charge in [0.15, 0.2) is 0 Å². The van der Waals surface area contributed by atoms with E-state index in [4.69, 9.17) is 9.05 Å². The van der Waals surface area contributed by atoms with Gasteiger partial charge >= 0.3 is 7.75 Å². The third-order valence-corrected chi connectivity index (χ3v) is 3.40. The standard InChI is InChI=1S/C12H28NO3P/c1-10(2)7-13-17(14,15-8-11(3)4)16-9-12(5)6/h10-12H,7-9H2,1-6H3,(H,13,14). The lowest BCUT2D eigenvalue weighted by molar-refractivity contribution is 0.165. The number of rotatable bonds is 9. The Balaban J connectivity index is 4.29. The van der Waals surface area contributed by atoms with Crippen molar-refractivity contribution in [3.05, 3.63) is 0 Å².